The molecule has 0 heterocycles. The fraction of sp³-hybridized carbons (Fsp3) is 0.579. The molecule has 6 heteroatoms. The highest BCUT2D eigenvalue weighted by molar-refractivity contribution is 5.89. The second kappa shape index (κ2) is 10.8. The van der Waals surface area contributed by atoms with Crippen molar-refractivity contribution in [1.29, 1.82) is 0 Å². The molecule has 140 valence electrons. The van der Waals surface area contributed by atoms with Gasteiger partial charge in [0, 0.05) is 19.1 Å². The molecule has 3 atom stereocenters. The molecule has 0 aliphatic heterocycles. The smallest absolute Gasteiger partial charge is 0.242 e. The van der Waals surface area contributed by atoms with Gasteiger partial charge in [-0.15, -0.1) is 0 Å². The van der Waals surface area contributed by atoms with Gasteiger partial charge in [-0.25, -0.2) is 0 Å². The first-order chi connectivity index (χ1) is 11.8. The minimum absolute atomic E-state index is 0.0167. The molecule has 2 amide bonds. The van der Waals surface area contributed by atoms with Crippen LogP contribution >= 0.6 is 0 Å². The lowest BCUT2D eigenvalue weighted by Gasteiger charge is -2.24. The van der Waals surface area contributed by atoms with Crippen LogP contribution in [0.2, 0.25) is 0 Å². The Hall–Kier alpha value is -1.92. The summed E-state index contributed by atoms with van der Waals surface area (Å²) in [4.78, 5) is 24.4. The van der Waals surface area contributed by atoms with Gasteiger partial charge in [-0.1, -0.05) is 44.2 Å². The normalized spacial score (nSPS) is 14.6. The molecule has 0 radical (unpaired) electrons. The highest BCUT2D eigenvalue weighted by atomic mass is 16.2. The van der Waals surface area contributed by atoms with E-state index >= 15 is 0 Å². The summed E-state index contributed by atoms with van der Waals surface area (Å²) in [6.07, 6.45) is 0.746. The molecule has 0 saturated heterocycles. The Morgan fingerprint density at radius 2 is 1.72 bits per heavy atom. The summed E-state index contributed by atoms with van der Waals surface area (Å²) in [5.41, 5.74) is 7.30. The zero-order chi connectivity index (χ0) is 18.8. The largest absolute Gasteiger partial charge is 0.355 e. The van der Waals surface area contributed by atoms with Crippen LogP contribution in [0.5, 0.6) is 0 Å². The SMILES string of the molecule is CCNC(=O)[C@@H](NC(=O)[C@H](C)NC[C@@H](N)Cc1ccccc1)C(C)C. The van der Waals surface area contributed by atoms with Crippen LogP contribution in [-0.4, -0.2) is 43.0 Å². The summed E-state index contributed by atoms with van der Waals surface area (Å²) in [6.45, 7) is 8.52. The van der Waals surface area contributed by atoms with Gasteiger partial charge in [0.2, 0.25) is 11.8 Å². The maximum atomic E-state index is 12.3. The van der Waals surface area contributed by atoms with Crippen molar-refractivity contribution in [2.75, 3.05) is 13.1 Å². The van der Waals surface area contributed by atoms with Crippen molar-refractivity contribution in [1.82, 2.24) is 16.0 Å². The Labute approximate surface area is 150 Å². The van der Waals surface area contributed by atoms with E-state index in [0.717, 1.165) is 6.42 Å². The lowest BCUT2D eigenvalue weighted by atomic mass is 10.0. The van der Waals surface area contributed by atoms with Gasteiger partial charge >= 0.3 is 0 Å². The maximum Gasteiger partial charge on any atom is 0.242 e. The van der Waals surface area contributed by atoms with E-state index in [-0.39, 0.29) is 23.8 Å². The van der Waals surface area contributed by atoms with Crippen LogP contribution in [0.4, 0.5) is 0 Å². The number of rotatable bonds is 10. The van der Waals surface area contributed by atoms with Crippen LogP contribution in [0.15, 0.2) is 30.3 Å². The monoisotopic (exact) mass is 348 g/mol. The van der Waals surface area contributed by atoms with E-state index < -0.39 is 12.1 Å². The quantitative estimate of drug-likeness (QED) is 0.503. The Morgan fingerprint density at radius 3 is 2.28 bits per heavy atom. The Kier molecular flexibility index (Phi) is 9.16. The summed E-state index contributed by atoms with van der Waals surface area (Å²) in [7, 11) is 0. The second-order valence-electron chi connectivity index (χ2n) is 6.70. The summed E-state index contributed by atoms with van der Waals surface area (Å²) < 4.78 is 0. The number of nitrogens with two attached hydrogens (primary N) is 1. The molecule has 0 spiro atoms. The number of carbonyl (C=O) groups is 2. The van der Waals surface area contributed by atoms with Crippen LogP contribution < -0.4 is 21.7 Å². The predicted octanol–water partition coefficient (Wildman–Crippen LogP) is 0.811. The Bertz CT molecular complexity index is 533. The molecule has 1 rings (SSSR count). The fourth-order valence-corrected chi connectivity index (χ4v) is 2.51. The predicted molar refractivity (Wildman–Crippen MR) is 101 cm³/mol. The van der Waals surface area contributed by atoms with Crippen molar-refractivity contribution in [3.8, 4) is 0 Å². The molecule has 6 nitrogen and oxygen atoms in total. The van der Waals surface area contributed by atoms with Crippen LogP contribution in [-0.2, 0) is 16.0 Å². The van der Waals surface area contributed by atoms with E-state index in [0.29, 0.717) is 13.1 Å². The summed E-state index contributed by atoms with van der Waals surface area (Å²) in [5, 5.41) is 8.72. The minimum Gasteiger partial charge on any atom is -0.355 e. The molecular formula is C19H32N4O2. The van der Waals surface area contributed by atoms with Crippen molar-refractivity contribution >= 4 is 11.8 Å². The number of hydrogen-bond donors (Lipinski definition) is 4. The third kappa shape index (κ3) is 7.67. The number of hydrogen-bond acceptors (Lipinski definition) is 4. The number of likely N-dealkylation sites (N-methyl/N-ethyl adjacent to an activating group) is 1. The van der Waals surface area contributed by atoms with Crippen LogP contribution in [0, 0.1) is 5.92 Å². The highest BCUT2D eigenvalue weighted by Crippen LogP contribution is 2.03. The number of nitrogens with one attached hydrogen (secondary N) is 3. The van der Waals surface area contributed by atoms with Gasteiger partial charge in [-0.3, -0.25) is 9.59 Å². The third-order valence-corrected chi connectivity index (χ3v) is 4.02. The second-order valence-corrected chi connectivity index (χ2v) is 6.70. The Balaban J connectivity index is 2.45. The van der Waals surface area contributed by atoms with Gasteiger partial charge in [0.25, 0.3) is 0 Å². The van der Waals surface area contributed by atoms with E-state index in [4.69, 9.17) is 5.73 Å². The van der Waals surface area contributed by atoms with Gasteiger partial charge < -0.3 is 21.7 Å². The lowest BCUT2D eigenvalue weighted by Crippen LogP contribution is -2.55. The molecule has 0 aliphatic carbocycles. The number of carbonyl (C=O) groups excluding carboxylic acids is 2. The summed E-state index contributed by atoms with van der Waals surface area (Å²) in [5.74, 6) is -0.335. The highest BCUT2D eigenvalue weighted by Gasteiger charge is 2.25. The van der Waals surface area contributed by atoms with Crippen molar-refractivity contribution in [3.05, 3.63) is 35.9 Å². The lowest BCUT2D eigenvalue weighted by molar-refractivity contribution is -0.130. The van der Waals surface area contributed by atoms with E-state index in [1.54, 1.807) is 6.92 Å². The maximum absolute atomic E-state index is 12.3. The van der Waals surface area contributed by atoms with Crippen molar-refractivity contribution in [3.63, 3.8) is 0 Å². The number of amides is 2. The first-order valence-electron chi connectivity index (χ1n) is 8.96. The van der Waals surface area contributed by atoms with E-state index in [1.165, 1.54) is 5.56 Å². The van der Waals surface area contributed by atoms with Gasteiger partial charge in [-0.2, -0.15) is 0 Å². The van der Waals surface area contributed by atoms with Crippen LogP contribution in [0.1, 0.15) is 33.3 Å². The summed E-state index contributed by atoms with van der Waals surface area (Å²) >= 11 is 0. The zero-order valence-corrected chi connectivity index (χ0v) is 15.7. The molecule has 0 saturated carbocycles. The average molecular weight is 348 g/mol. The minimum atomic E-state index is -0.533. The van der Waals surface area contributed by atoms with Crippen molar-refractivity contribution < 1.29 is 9.59 Å². The van der Waals surface area contributed by atoms with Crippen LogP contribution in [0.25, 0.3) is 0 Å². The first-order valence-corrected chi connectivity index (χ1v) is 8.96. The average Bonchev–Trinajstić information content (AvgIpc) is 2.58. The van der Waals surface area contributed by atoms with Crippen LogP contribution in [0.3, 0.4) is 0 Å². The third-order valence-electron chi connectivity index (χ3n) is 4.02. The standard InChI is InChI=1S/C19H32N4O2/c1-5-21-19(25)17(13(2)3)23-18(24)14(4)22-12-16(20)11-15-9-7-6-8-10-15/h6-10,13-14,16-17,22H,5,11-12,20H2,1-4H3,(H,21,25)(H,23,24)/t14-,16-,17-/m0/s1. The molecule has 0 fully saturated rings. The van der Waals surface area contributed by atoms with E-state index in [2.05, 4.69) is 16.0 Å². The van der Waals surface area contributed by atoms with E-state index in [9.17, 15) is 9.59 Å². The molecule has 0 aromatic heterocycles. The van der Waals surface area contributed by atoms with Gasteiger partial charge in [0.15, 0.2) is 0 Å². The number of benzene rings is 1. The first kappa shape index (κ1) is 21.1. The molecule has 5 N–H and O–H groups in total. The molecule has 1 aromatic carbocycles. The topological polar surface area (TPSA) is 96.2 Å². The van der Waals surface area contributed by atoms with Gasteiger partial charge in [0.1, 0.15) is 6.04 Å². The molecule has 1 aromatic rings. The van der Waals surface area contributed by atoms with E-state index in [1.807, 2.05) is 51.1 Å². The zero-order valence-electron chi connectivity index (χ0n) is 15.7. The summed E-state index contributed by atoms with van der Waals surface area (Å²) in [6, 6.07) is 8.98. The van der Waals surface area contributed by atoms with Crippen molar-refractivity contribution in [2.24, 2.45) is 11.7 Å². The molecule has 25 heavy (non-hydrogen) atoms. The molecule has 0 unspecified atom stereocenters. The molecule has 0 aliphatic rings. The Morgan fingerprint density at radius 1 is 1.08 bits per heavy atom. The van der Waals surface area contributed by atoms with Gasteiger partial charge in [-0.05, 0) is 31.7 Å². The molecular weight excluding hydrogens is 316 g/mol. The fourth-order valence-electron chi connectivity index (χ4n) is 2.51. The molecule has 0 bridgehead atoms. The van der Waals surface area contributed by atoms with Crippen molar-refractivity contribution in [2.45, 2.75) is 52.2 Å². The van der Waals surface area contributed by atoms with Gasteiger partial charge in [0.05, 0.1) is 6.04 Å².